The van der Waals surface area contributed by atoms with Crippen molar-refractivity contribution in [3.63, 3.8) is 0 Å². The average Bonchev–Trinajstić information content (AvgIpc) is 3.39. The third-order valence-electron chi connectivity index (χ3n) is 4.25. The molecule has 118 valence electrons. The monoisotopic (exact) mass is 302 g/mol. The van der Waals surface area contributed by atoms with Crippen molar-refractivity contribution in [2.45, 2.75) is 31.7 Å². The maximum Gasteiger partial charge on any atom is 0.260 e. The van der Waals surface area contributed by atoms with Crippen LogP contribution >= 0.6 is 0 Å². The lowest BCUT2D eigenvalue weighted by molar-refractivity contribution is -0.134. The zero-order chi connectivity index (χ0) is 15.4. The first-order valence-corrected chi connectivity index (χ1v) is 7.98. The van der Waals surface area contributed by atoms with E-state index in [0.29, 0.717) is 18.8 Å². The Labute approximate surface area is 130 Å². The maximum absolute atomic E-state index is 12.1. The second-order valence-electron chi connectivity index (χ2n) is 6.04. The highest BCUT2D eigenvalue weighted by Gasteiger charge is 2.32. The highest BCUT2D eigenvalue weighted by atomic mass is 16.5. The van der Waals surface area contributed by atoms with Crippen LogP contribution in [0.3, 0.4) is 0 Å². The smallest absolute Gasteiger partial charge is 0.260 e. The van der Waals surface area contributed by atoms with E-state index in [9.17, 15) is 9.59 Å². The van der Waals surface area contributed by atoms with Crippen LogP contribution in [0.2, 0.25) is 0 Å². The van der Waals surface area contributed by atoms with E-state index in [1.54, 1.807) is 0 Å². The highest BCUT2D eigenvalue weighted by Crippen LogP contribution is 2.29. The lowest BCUT2D eigenvalue weighted by atomic mass is 10.0. The number of para-hydroxylation sites is 1. The molecule has 2 fully saturated rings. The summed E-state index contributed by atoms with van der Waals surface area (Å²) in [5.74, 6) is 1.16. The number of benzene rings is 1. The molecule has 1 saturated carbocycles. The summed E-state index contributed by atoms with van der Waals surface area (Å²) in [4.78, 5) is 25.7. The van der Waals surface area contributed by atoms with Gasteiger partial charge in [-0.25, -0.2) is 0 Å². The predicted molar refractivity (Wildman–Crippen MR) is 82.4 cm³/mol. The first kappa shape index (κ1) is 14.9. The number of likely N-dealkylation sites (tertiary alicyclic amines) is 1. The normalized spacial score (nSPS) is 18.8. The van der Waals surface area contributed by atoms with Gasteiger partial charge >= 0.3 is 0 Å². The first-order valence-electron chi connectivity index (χ1n) is 7.98. The zero-order valence-electron chi connectivity index (χ0n) is 12.7. The fraction of sp³-hybridized carbons (Fsp3) is 0.529. The molecule has 1 aromatic rings. The van der Waals surface area contributed by atoms with E-state index in [4.69, 9.17) is 4.74 Å². The molecular weight excluding hydrogens is 280 g/mol. The molecule has 2 amide bonds. The fourth-order valence-corrected chi connectivity index (χ4v) is 2.69. The first-order chi connectivity index (χ1) is 10.7. The summed E-state index contributed by atoms with van der Waals surface area (Å²) in [5.41, 5.74) is 0. The van der Waals surface area contributed by atoms with Crippen LogP contribution in [-0.4, -0.2) is 42.5 Å². The number of rotatable bonds is 5. The van der Waals surface area contributed by atoms with Gasteiger partial charge in [0.1, 0.15) is 5.75 Å². The molecule has 0 bridgehead atoms. The molecular formula is C17H22N2O3. The maximum atomic E-state index is 12.1. The Balaban J connectivity index is 1.38. The lowest BCUT2D eigenvalue weighted by Crippen LogP contribution is -2.48. The third kappa shape index (κ3) is 4.00. The Kier molecular flexibility index (Phi) is 4.61. The molecule has 1 saturated heterocycles. The van der Waals surface area contributed by atoms with E-state index in [1.807, 2.05) is 35.2 Å². The van der Waals surface area contributed by atoms with Gasteiger partial charge in [-0.05, 0) is 37.8 Å². The fourth-order valence-electron chi connectivity index (χ4n) is 2.69. The van der Waals surface area contributed by atoms with Gasteiger partial charge in [-0.15, -0.1) is 0 Å². The van der Waals surface area contributed by atoms with Gasteiger partial charge in [0.05, 0.1) is 0 Å². The summed E-state index contributed by atoms with van der Waals surface area (Å²) in [6.07, 6.45) is 3.71. The van der Waals surface area contributed by atoms with E-state index >= 15 is 0 Å². The van der Waals surface area contributed by atoms with Crippen LogP contribution < -0.4 is 10.1 Å². The van der Waals surface area contributed by atoms with Gasteiger partial charge < -0.3 is 15.0 Å². The Morgan fingerprint density at radius 3 is 2.41 bits per heavy atom. The number of hydrogen-bond acceptors (Lipinski definition) is 3. The molecule has 0 atom stereocenters. The van der Waals surface area contributed by atoms with Crippen LogP contribution in [0.25, 0.3) is 0 Å². The second kappa shape index (κ2) is 6.81. The minimum atomic E-state index is 0.0100. The number of carbonyl (C=O) groups excluding carboxylic acids is 2. The number of amides is 2. The SMILES string of the molecule is O=C(NC1CCN(C(=O)COc2ccccc2)CC1)C1CC1. The van der Waals surface area contributed by atoms with Crippen molar-refractivity contribution in [1.82, 2.24) is 10.2 Å². The van der Waals surface area contributed by atoms with Gasteiger partial charge in [0, 0.05) is 25.0 Å². The molecule has 1 aliphatic carbocycles. The molecule has 0 aromatic heterocycles. The third-order valence-corrected chi connectivity index (χ3v) is 4.25. The van der Waals surface area contributed by atoms with Crippen molar-refractivity contribution in [3.05, 3.63) is 30.3 Å². The van der Waals surface area contributed by atoms with Gasteiger partial charge in [0.25, 0.3) is 5.91 Å². The molecule has 0 unspecified atom stereocenters. The minimum absolute atomic E-state index is 0.0100. The Morgan fingerprint density at radius 1 is 1.09 bits per heavy atom. The number of ether oxygens (including phenoxy) is 1. The van der Waals surface area contributed by atoms with Crippen LogP contribution in [0.1, 0.15) is 25.7 Å². The second-order valence-corrected chi connectivity index (χ2v) is 6.04. The minimum Gasteiger partial charge on any atom is -0.484 e. The van der Waals surface area contributed by atoms with Crippen molar-refractivity contribution < 1.29 is 14.3 Å². The van der Waals surface area contributed by atoms with Crippen LogP contribution in [-0.2, 0) is 9.59 Å². The van der Waals surface area contributed by atoms with Crippen LogP contribution in [0.4, 0.5) is 0 Å². The summed E-state index contributed by atoms with van der Waals surface area (Å²) < 4.78 is 5.49. The van der Waals surface area contributed by atoms with Crippen molar-refractivity contribution in [2.24, 2.45) is 5.92 Å². The molecule has 5 nitrogen and oxygen atoms in total. The summed E-state index contributed by atoms with van der Waals surface area (Å²) in [6, 6.07) is 9.57. The molecule has 3 rings (SSSR count). The van der Waals surface area contributed by atoms with Crippen molar-refractivity contribution in [1.29, 1.82) is 0 Å². The molecule has 1 N–H and O–H groups in total. The van der Waals surface area contributed by atoms with Gasteiger partial charge in [-0.1, -0.05) is 18.2 Å². The van der Waals surface area contributed by atoms with Gasteiger partial charge in [0.2, 0.25) is 5.91 Å². The predicted octanol–water partition coefficient (Wildman–Crippen LogP) is 1.58. The van der Waals surface area contributed by atoms with E-state index in [2.05, 4.69) is 5.32 Å². The van der Waals surface area contributed by atoms with Gasteiger partial charge in [-0.3, -0.25) is 9.59 Å². The van der Waals surface area contributed by atoms with Crippen molar-refractivity contribution in [2.75, 3.05) is 19.7 Å². The highest BCUT2D eigenvalue weighted by molar-refractivity contribution is 5.81. The van der Waals surface area contributed by atoms with Crippen molar-refractivity contribution >= 4 is 11.8 Å². The van der Waals surface area contributed by atoms with Gasteiger partial charge in [-0.2, -0.15) is 0 Å². The van der Waals surface area contributed by atoms with Gasteiger partial charge in [0.15, 0.2) is 6.61 Å². The number of piperidine rings is 1. The molecule has 1 aliphatic heterocycles. The molecule has 1 heterocycles. The molecule has 0 radical (unpaired) electrons. The molecule has 1 aromatic carbocycles. The number of carbonyl (C=O) groups is 2. The summed E-state index contributed by atoms with van der Waals surface area (Å²) in [7, 11) is 0. The van der Waals surface area contributed by atoms with E-state index in [1.165, 1.54) is 0 Å². The van der Waals surface area contributed by atoms with E-state index < -0.39 is 0 Å². The lowest BCUT2D eigenvalue weighted by Gasteiger charge is -2.32. The standard InChI is InChI=1S/C17H22N2O3/c20-16(12-22-15-4-2-1-3-5-15)19-10-8-14(9-11-19)18-17(21)13-6-7-13/h1-5,13-14H,6-12H2,(H,18,21). The van der Waals surface area contributed by atoms with Crippen LogP contribution in [0.15, 0.2) is 30.3 Å². The Hall–Kier alpha value is -2.04. The summed E-state index contributed by atoms with van der Waals surface area (Å²) in [6.45, 7) is 1.45. The topological polar surface area (TPSA) is 58.6 Å². The Bertz CT molecular complexity index is 520. The Morgan fingerprint density at radius 2 is 1.77 bits per heavy atom. The van der Waals surface area contributed by atoms with E-state index in [-0.39, 0.29) is 30.4 Å². The number of hydrogen-bond donors (Lipinski definition) is 1. The number of nitrogens with one attached hydrogen (secondary N) is 1. The zero-order valence-corrected chi connectivity index (χ0v) is 12.7. The van der Waals surface area contributed by atoms with E-state index in [0.717, 1.165) is 25.7 Å². The summed E-state index contributed by atoms with van der Waals surface area (Å²) >= 11 is 0. The summed E-state index contributed by atoms with van der Waals surface area (Å²) in [5, 5.41) is 3.09. The molecule has 22 heavy (non-hydrogen) atoms. The number of nitrogens with zero attached hydrogens (tertiary/aromatic N) is 1. The average molecular weight is 302 g/mol. The largest absolute Gasteiger partial charge is 0.484 e. The molecule has 5 heteroatoms. The molecule has 0 spiro atoms. The van der Waals surface area contributed by atoms with Crippen LogP contribution in [0, 0.1) is 5.92 Å². The quantitative estimate of drug-likeness (QED) is 0.898. The molecule has 2 aliphatic rings. The van der Waals surface area contributed by atoms with Crippen LogP contribution in [0.5, 0.6) is 5.75 Å². The van der Waals surface area contributed by atoms with Crippen molar-refractivity contribution in [3.8, 4) is 5.75 Å².